The molecule has 120 valence electrons. The molecule has 1 N–H and O–H groups in total. The number of hydrogen-bond acceptors (Lipinski definition) is 1. The lowest BCUT2D eigenvalue weighted by Gasteiger charge is -2.32. The van der Waals surface area contributed by atoms with Crippen molar-refractivity contribution in [3.8, 4) is 0 Å². The molecule has 2 nitrogen and oxygen atoms in total. The standard InChI is InChI=1S/C20H28O2/c1-15(8-6-9-16(2)14-19(21)22)11-12-18-17(3)10-7-13-20(18,4)5/h6,8-9,11-12,14H,7,10,13H2,1-5H3,(H,21,22)/b9-6-,12-11+,15-8+,16-14-/i6T,9T. The summed E-state index contributed by atoms with van der Waals surface area (Å²) in [6, 6.07) is -0.0562. The van der Waals surface area contributed by atoms with Crippen LogP contribution in [0.5, 0.6) is 0 Å². The van der Waals surface area contributed by atoms with Gasteiger partial charge in [-0.1, -0.05) is 55.3 Å². The summed E-state index contributed by atoms with van der Waals surface area (Å²) in [5.41, 5.74) is 4.07. The van der Waals surface area contributed by atoms with Crippen LogP contribution in [0.4, 0.5) is 0 Å². The van der Waals surface area contributed by atoms with Crippen molar-refractivity contribution < 1.29 is 12.6 Å². The third-order valence-corrected chi connectivity index (χ3v) is 3.96. The quantitative estimate of drug-likeness (QED) is 0.530. The molecule has 0 aromatic rings. The van der Waals surface area contributed by atoms with Gasteiger partial charge in [0.25, 0.3) is 0 Å². The highest BCUT2D eigenvalue weighted by molar-refractivity contribution is 5.81. The summed E-state index contributed by atoms with van der Waals surface area (Å²) in [4.78, 5) is 10.7. The number of carboxylic acids is 1. The molecule has 22 heavy (non-hydrogen) atoms. The molecule has 0 saturated carbocycles. The van der Waals surface area contributed by atoms with Crippen LogP contribution >= 0.6 is 0 Å². The molecule has 0 spiro atoms. The van der Waals surface area contributed by atoms with Crippen LogP contribution in [0.3, 0.4) is 0 Å². The fourth-order valence-corrected chi connectivity index (χ4v) is 2.76. The summed E-state index contributed by atoms with van der Waals surface area (Å²) in [5, 5.41) is 8.72. The number of aliphatic carboxylic acids is 1. The molecule has 0 atom stereocenters. The van der Waals surface area contributed by atoms with Crippen LogP contribution in [-0.4, -0.2) is 11.1 Å². The molecule has 0 saturated heterocycles. The average molecular weight is 304 g/mol. The maximum absolute atomic E-state index is 10.7. The van der Waals surface area contributed by atoms with Crippen molar-refractivity contribution in [2.75, 3.05) is 0 Å². The molecule has 0 amide bonds. The first kappa shape index (κ1) is 15.1. The number of carboxylic acid groups (broad SMARTS) is 1. The first-order valence-corrected chi connectivity index (χ1v) is 7.70. The van der Waals surface area contributed by atoms with Crippen molar-refractivity contribution >= 4 is 5.97 Å². The molecule has 2 heteroatoms. The van der Waals surface area contributed by atoms with Crippen LogP contribution < -0.4 is 0 Å². The van der Waals surface area contributed by atoms with E-state index >= 15 is 0 Å². The predicted molar refractivity (Wildman–Crippen MR) is 93.8 cm³/mol. The Bertz CT molecular complexity index is 659. The van der Waals surface area contributed by atoms with Crippen molar-refractivity contribution in [1.29, 1.82) is 0 Å². The van der Waals surface area contributed by atoms with Gasteiger partial charge in [0, 0.05) is 6.08 Å². The highest BCUT2D eigenvalue weighted by atomic mass is 16.4. The van der Waals surface area contributed by atoms with E-state index in [2.05, 4.69) is 26.8 Å². The van der Waals surface area contributed by atoms with E-state index in [-0.39, 0.29) is 23.1 Å². The Labute approximate surface area is 137 Å². The van der Waals surface area contributed by atoms with Gasteiger partial charge in [0.05, 0.1) is 2.74 Å². The summed E-state index contributed by atoms with van der Waals surface area (Å²) in [5.74, 6) is -1.10. The normalized spacial score (nSPS) is 22.4. The predicted octanol–water partition coefficient (Wildman–Crippen LogP) is 5.60. The molecular formula is C20H28O2. The summed E-state index contributed by atoms with van der Waals surface area (Å²) < 4.78 is 15.8. The molecular weight excluding hydrogens is 272 g/mol. The zero-order valence-electron chi connectivity index (χ0n) is 16.3. The van der Waals surface area contributed by atoms with E-state index in [1.807, 2.05) is 13.0 Å². The highest BCUT2D eigenvalue weighted by Crippen LogP contribution is 2.40. The van der Waals surface area contributed by atoms with Crippen LogP contribution in [-0.2, 0) is 4.79 Å². The van der Waals surface area contributed by atoms with Gasteiger partial charge < -0.3 is 5.11 Å². The largest absolute Gasteiger partial charge is 0.478 e. The monoisotopic (exact) mass is 304 g/mol. The molecule has 0 fully saturated rings. The lowest BCUT2D eigenvalue weighted by atomic mass is 9.72. The summed E-state index contributed by atoms with van der Waals surface area (Å²) in [6.45, 7) is 10.1. The summed E-state index contributed by atoms with van der Waals surface area (Å²) in [6.07, 6.45) is 10.2. The van der Waals surface area contributed by atoms with Gasteiger partial charge in [-0.15, -0.1) is 0 Å². The lowest BCUT2D eigenvalue weighted by molar-refractivity contribution is -0.131. The van der Waals surface area contributed by atoms with Crippen molar-refractivity contribution in [3.05, 3.63) is 58.7 Å². The first-order chi connectivity index (χ1) is 11.0. The van der Waals surface area contributed by atoms with E-state index in [1.54, 1.807) is 6.08 Å². The molecule has 0 aromatic carbocycles. The summed E-state index contributed by atoms with van der Waals surface area (Å²) in [7, 11) is 0. The van der Waals surface area contributed by atoms with Gasteiger partial charge in [0.1, 0.15) is 0 Å². The van der Waals surface area contributed by atoms with Crippen molar-refractivity contribution in [3.63, 3.8) is 0 Å². The molecule has 0 heterocycles. The van der Waals surface area contributed by atoms with Crippen LogP contribution in [0.1, 0.15) is 56.6 Å². The van der Waals surface area contributed by atoms with Gasteiger partial charge in [-0.3, -0.25) is 0 Å². The Morgan fingerprint density at radius 3 is 2.59 bits per heavy atom. The van der Waals surface area contributed by atoms with Gasteiger partial charge in [0.15, 0.2) is 0 Å². The topological polar surface area (TPSA) is 37.3 Å². The van der Waals surface area contributed by atoms with Gasteiger partial charge in [0.2, 0.25) is 0 Å². The van der Waals surface area contributed by atoms with Gasteiger partial charge in [-0.25, -0.2) is 4.79 Å². The Kier molecular flexibility index (Phi) is 5.47. The van der Waals surface area contributed by atoms with Crippen molar-refractivity contribution in [2.24, 2.45) is 5.41 Å². The Morgan fingerprint density at radius 1 is 1.32 bits per heavy atom. The van der Waals surface area contributed by atoms with E-state index in [0.717, 1.165) is 18.1 Å². The smallest absolute Gasteiger partial charge is 0.328 e. The third-order valence-electron chi connectivity index (χ3n) is 3.96. The Morgan fingerprint density at radius 2 is 2.00 bits per heavy atom. The van der Waals surface area contributed by atoms with Gasteiger partial charge in [-0.05, 0) is 56.6 Å². The number of hydrogen-bond donors (Lipinski definition) is 1. The first-order valence-electron chi connectivity index (χ1n) is 8.70. The van der Waals surface area contributed by atoms with E-state index in [0.29, 0.717) is 0 Å². The van der Waals surface area contributed by atoms with Crippen LogP contribution in [0.2, 0.25) is 0 Å². The molecule has 0 bridgehead atoms. The molecule has 0 aromatic heterocycles. The Hall–Kier alpha value is -1.83. The molecule has 1 aliphatic rings. The minimum atomic E-state index is -1.10. The molecule has 0 radical (unpaired) electrons. The maximum atomic E-state index is 10.7. The second-order valence-corrected chi connectivity index (χ2v) is 6.59. The molecule has 1 rings (SSSR count). The third kappa shape index (κ3) is 5.88. The fourth-order valence-electron chi connectivity index (χ4n) is 2.76. The minimum absolute atomic E-state index is 0.0146. The average Bonchev–Trinajstić information content (AvgIpc) is 2.44. The van der Waals surface area contributed by atoms with Gasteiger partial charge in [-0.2, -0.15) is 0 Å². The van der Waals surface area contributed by atoms with E-state index in [1.165, 1.54) is 30.9 Å². The molecule has 0 unspecified atom stereocenters. The van der Waals surface area contributed by atoms with E-state index in [4.69, 9.17) is 7.85 Å². The van der Waals surface area contributed by atoms with Crippen LogP contribution in [0.15, 0.2) is 58.7 Å². The molecule has 0 aliphatic heterocycles. The zero-order valence-corrected chi connectivity index (χ0v) is 14.3. The second-order valence-electron chi connectivity index (χ2n) is 6.59. The van der Waals surface area contributed by atoms with Crippen LogP contribution in [0, 0.1) is 5.41 Å². The van der Waals surface area contributed by atoms with Crippen molar-refractivity contribution in [2.45, 2.75) is 53.9 Å². The zero-order chi connectivity index (χ0) is 18.5. The number of carbonyl (C=O) groups is 1. The molecule has 1 aliphatic carbocycles. The second kappa shape index (κ2) is 7.98. The van der Waals surface area contributed by atoms with Crippen molar-refractivity contribution in [1.82, 2.24) is 0 Å². The van der Waals surface area contributed by atoms with Crippen LogP contribution in [0.25, 0.3) is 0 Å². The Balaban J connectivity index is 3.04. The summed E-state index contributed by atoms with van der Waals surface area (Å²) >= 11 is 0. The van der Waals surface area contributed by atoms with Gasteiger partial charge >= 0.3 is 5.97 Å². The minimum Gasteiger partial charge on any atom is -0.478 e. The maximum Gasteiger partial charge on any atom is 0.328 e. The van der Waals surface area contributed by atoms with E-state index < -0.39 is 5.97 Å². The number of rotatable bonds is 5. The number of allylic oxidation sites excluding steroid dienone is 9. The lowest BCUT2D eigenvalue weighted by Crippen LogP contribution is -2.19. The van der Waals surface area contributed by atoms with E-state index in [9.17, 15) is 4.79 Å². The highest BCUT2D eigenvalue weighted by Gasteiger charge is 2.26. The fraction of sp³-hybridized carbons (Fsp3) is 0.450. The SMILES string of the molecule is [3H]C(/C=C(C)/C=C/C1=C(C)CCCC1(C)C)=C([3H])/C(C)=C\C(=O)O.